The van der Waals surface area contributed by atoms with Crippen LogP contribution < -0.4 is 4.90 Å². The van der Waals surface area contributed by atoms with Crippen LogP contribution in [0.2, 0.25) is 0 Å². The topological polar surface area (TPSA) is 50.1 Å². The minimum absolute atomic E-state index is 0. The number of rotatable bonds is 5. The van der Waals surface area contributed by atoms with Crippen LogP contribution in [0.5, 0.6) is 0 Å². The lowest BCUT2D eigenvalue weighted by Gasteiger charge is -2.35. The number of anilines is 1. The summed E-state index contributed by atoms with van der Waals surface area (Å²) in [6.07, 6.45) is 9.53. The Morgan fingerprint density at radius 3 is 2.53 bits per heavy atom. The van der Waals surface area contributed by atoms with Crippen LogP contribution in [0.3, 0.4) is 0 Å². The van der Waals surface area contributed by atoms with Crippen LogP contribution in [-0.2, 0) is 0 Å². The van der Waals surface area contributed by atoms with Gasteiger partial charge in [0.05, 0.1) is 11.9 Å². The summed E-state index contributed by atoms with van der Waals surface area (Å²) in [5, 5.41) is 4.40. The Bertz CT molecular complexity index is 982. The largest absolute Gasteiger partial charge is 0.369 e. The Morgan fingerprint density at radius 2 is 1.83 bits per heavy atom. The zero-order valence-corrected chi connectivity index (χ0v) is 19.6. The van der Waals surface area contributed by atoms with E-state index in [1.54, 1.807) is 35.3 Å². The summed E-state index contributed by atoms with van der Waals surface area (Å²) >= 11 is 2.16. The molecule has 9 heteroatoms. The molecule has 1 aromatic carbocycles. The number of piperazine rings is 1. The first-order chi connectivity index (χ1) is 14.1. The molecule has 4 rings (SSSR count). The van der Waals surface area contributed by atoms with Gasteiger partial charge in [-0.05, 0) is 53.8 Å². The fourth-order valence-electron chi connectivity index (χ4n) is 3.43. The first-order valence-electron chi connectivity index (χ1n) is 9.52. The molecular weight excluding hydrogens is 518 g/mol. The number of aromatic nitrogens is 4. The lowest BCUT2D eigenvalue weighted by atomic mass is 10.2. The van der Waals surface area contributed by atoms with Crippen LogP contribution in [0.4, 0.5) is 10.1 Å². The minimum atomic E-state index is -0.172. The second-order valence-electron chi connectivity index (χ2n) is 6.96. The zero-order chi connectivity index (χ0) is 20.2. The van der Waals surface area contributed by atoms with Crippen LogP contribution in [-0.4, -0.2) is 57.4 Å². The molecule has 6 nitrogen and oxygen atoms in total. The van der Waals surface area contributed by atoms with Gasteiger partial charge in [0.2, 0.25) is 0 Å². The Balaban J connectivity index is 0.00000256. The van der Waals surface area contributed by atoms with Gasteiger partial charge in [-0.1, -0.05) is 12.2 Å². The van der Waals surface area contributed by atoms with Gasteiger partial charge >= 0.3 is 0 Å². The van der Waals surface area contributed by atoms with Crippen molar-refractivity contribution in [2.24, 2.45) is 0 Å². The van der Waals surface area contributed by atoms with E-state index in [1.807, 2.05) is 19.2 Å². The molecule has 0 atom stereocenters. The molecule has 1 fully saturated rings. The van der Waals surface area contributed by atoms with E-state index in [4.69, 9.17) is 0 Å². The molecule has 158 valence electrons. The van der Waals surface area contributed by atoms with E-state index in [9.17, 15) is 4.39 Å². The summed E-state index contributed by atoms with van der Waals surface area (Å²) in [7, 11) is 0. The van der Waals surface area contributed by atoms with Gasteiger partial charge in [0, 0.05) is 59.9 Å². The molecule has 3 heterocycles. The molecule has 0 bridgehead atoms. The van der Waals surface area contributed by atoms with E-state index >= 15 is 0 Å². The van der Waals surface area contributed by atoms with Crippen LogP contribution in [0.15, 0.2) is 48.9 Å². The number of hydrogen-bond acceptors (Lipinski definition) is 5. The van der Waals surface area contributed by atoms with Crippen molar-refractivity contribution in [1.82, 2.24) is 24.6 Å². The lowest BCUT2D eigenvalue weighted by molar-refractivity contribution is 0.284. The highest BCUT2D eigenvalue weighted by molar-refractivity contribution is 14.1. The molecule has 0 unspecified atom stereocenters. The van der Waals surface area contributed by atoms with Gasteiger partial charge in [0.1, 0.15) is 5.82 Å². The monoisotopic (exact) mass is 540 g/mol. The SMILES string of the molecule is Cc1c(/C=C/CN2CCN(c3cc(F)cc(I)c3)CC2)cnn1-c1ncccn1.Cl. The molecule has 0 amide bonds. The van der Waals surface area contributed by atoms with E-state index in [0.717, 1.165) is 53.2 Å². The Morgan fingerprint density at radius 1 is 1.10 bits per heavy atom. The van der Waals surface area contributed by atoms with E-state index in [2.05, 4.69) is 59.6 Å². The number of benzene rings is 1. The van der Waals surface area contributed by atoms with Crippen molar-refractivity contribution in [2.75, 3.05) is 37.6 Å². The predicted molar refractivity (Wildman–Crippen MR) is 128 cm³/mol. The van der Waals surface area contributed by atoms with Crippen molar-refractivity contribution < 1.29 is 4.39 Å². The van der Waals surface area contributed by atoms with Gasteiger partial charge in [-0.25, -0.2) is 19.0 Å². The van der Waals surface area contributed by atoms with Crippen molar-refractivity contribution in [3.05, 3.63) is 69.6 Å². The van der Waals surface area contributed by atoms with E-state index in [-0.39, 0.29) is 18.2 Å². The highest BCUT2D eigenvalue weighted by atomic mass is 127. The van der Waals surface area contributed by atoms with E-state index in [0.29, 0.717) is 5.95 Å². The second kappa shape index (κ2) is 10.3. The van der Waals surface area contributed by atoms with Gasteiger partial charge in [-0.3, -0.25) is 4.90 Å². The normalized spacial score (nSPS) is 14.8. The van der Waals surface area contributed by atoms with Crippen LogP contribution in [0, 0.1) is 16.3 Å². The predicted octanol–water partition coefficient (Wildman–Crippen LogP) is 3.97. The third-order valence-corrected chi connectivity index (χ3v) is 5.66. The summed E-state index contributed by atoms with van der Waals surface area (Å²) in [5.74, 6) is 0.405. The molecule has 0 aliphatic carbocycles. The van der Waals surface area contributed by atoms with Crippen LogP contribution in [0.1, 0.15) is 11.3 Å². The maximum absolute atomic E-state index is 13.7. The van der Waals surface area contributed by atoms with E-state index in [1.165, 1.54) is 0 Å². The molecule has 1 aliphatic rings. The third kappa shape index (κ3) is 5.35. The molecule has 0 N–H and O–H groups in total. The smallest absolute Gasteiger partial charge is 0.250 e. The average molecular weight is 541 g/mol. The minimum Gasteiger partial charge on any atom is -0.369 e. The summed E-state index contributed by atoms with van der Waals surface area (Å²) in [6, 6.07) is 7.00. The van der Waals surface area contributed by atoms with Gasteiger partial charge in [0.15, 0.2) is 0 Å². The molecular formula is C21H23ClFIN6. The maximum Gasteiger partial charge on any atom is 0.250 e. The van der Waals surface area contributed by atoms with Crippen LogP contribution >= 0.6 is 35.0 Å². The highest BCUT2D eigenvalue weighted by Gasteiger charge is 2.17. The molecule has 0 saturated carbocycles. The number of nitrogens with zero attached hydrogens (tertiary/aromatic N) is 6. The Kier molecular flexibility index (Phi) is 7.79. The molecule has 1 saturated heterocycles. The highest BCUT2D eigenvalue weighted by Crippen LogP contribution is 2.21. The average Bonchev–Trinajstić information content (AvgIpc) is 3.09. The Labute approximate surface area is 195 Å². The zero-order valence-electron chi connectivity index (χ0n) is 16.6. The molecule has 0 radical (unpaired) electrons. The number of halogens is 3. The van der Waals surface area contributed by atoms with Crippen molar-refractivity contribution in [1.29, 1.82) is 0 Å². The summed E-state index contributed by atoms with van der Waals surface area (Å²) in [4.78, 5) is 13.1. The fourth-order valence-corrected chi connectivity index (χ4v) is 4.04. The number of hydrogen-bond donors (Lipinski definition) is 0. The standard InChI is InChI=1S/C21H22FIN6.ClH/c1-16-17(15-26-29(16)21-24-5-3-6-25-21)4-2-7-27-8-10-28(11-9-27)20-13-18(22)12-19(23)14-20;/h2-6,12-15H,7-11H2,1H3;1H/b4-2+;. The van der Waals surface area contributed by atoms with E-state index < -0.39 is 0 Å². The van der Waals surface area contributed by atoms with Gasteiger partial charge in [0.25, 0.3) is 5.95 Å². The van der Waals surface area contributed by atoms with Crippen molar-refractivity contribution in [3.63, 3.8) is 0 Å². The maximum atomic E-state index is 13.7. The molecule has 0 spiro atoms. The van der Waals surface area contributed by atoms with Crippen molar-refractivity contribution >= 4 is 46.8 Å². The molecule has 3 aromatic rings. The first kappa shape index (κ1) is 22.6. The molecule has 2 aromatic heterocycles. The molecule has 1 aliphatic heterocycles. The van der Waals surface area contributed by atoms with Gasteiger partial charge in [-0.2, -0.15) is 5.10 Å². The van der Waals surface area contributed by atoms with Crippen LogP contribution in [0.25, 0.3) is 12.0 Å². The second-order valence-corrected chi connectivity index (χ2v) is 8.21. The third-order valence-electron chi connectivity index (χ3n) is 5.04. The molecule has 30 heavy (non-hydrogen) atoms. The summed E-state index contributed by atoms with van der Waals surface area (Å²) in [5.41, 5.74) is 3.04. The van der Waals surface area contributed by atoms with Crippen molar-refractivity contribution in [2.45, 2.75) is 6.92 Å². The fraction of sp³-hybridized carbons (Fsp3) is 0.286. The summed E-state index contributed by atoms with van der Waals surface area (Å²) < 4.78 is 16.3. The quantitative estimate of drug-likeness (QED) is 0.459. The Hall–Kier alpha value is -2.04. The van der Waals surface area contributed by atoms with Crippen molar-refractivity contribution in [3.8, 4) is 5.95 Å². The summed E-state index contributed by atoms with van der Waals surface area (Å²) in [6.45, 7) is 6.59. The van der Waals surface area contributed by atoms with Gasteiger partial charge < -0.3 is 4.90 Å². The lowest BCUT2D eigenvalue weighted by Crippen LogP contribution is -2.46. The first-order valence-corrected chi connectivity index (χ1v) is 10.6. The van der Waals surface area contributed by atoms with Gasteiger partial charge in [-0.15, -0.1) is 12.4 Å².